The lowest BCUT2D eigenvalue weighted by atomic mass is 10.1. The molecule has 8 heteroatoms. The summed E-state index contributed by atoms with van der Waals surface area (Å²) >= 11 is 3.45. The smallest absolute Gasteiger partial charge is 0.138 e. The van der Waals surface area contributed by atoms with Crippen LogP contribution in [0.15, 0.2) is 53.5 Å². The summed E-state index contributed by atoms with van der Waals surface area (Å²) in [4.78, 5) is 14.0. The highest BCUT2D eigenvalue weighted by Gasteiger charge is 2.24. The van der Waals surface area contributed by atoms with Crippen molar-refractivity contribution in [3.63, 3.8) is 0 Å². The predicted octanol–water partition coefficient (Wildman–Crippen LogP) is 4.91. The number of aromatic nitrogens is 2. The second kappa shape index (κ2) is 9.32. The number of nitrogens with one attached hydrogen (secondary N) is 1. The second-order valence-electron chi connectivity index (χ2n) is 7.34. The van der Waals surface area contributed by atoms with Crippen molar-refractivity contribution in [2.45, 2.75) is 6.04 Å². The van der Waals surface area contributed by atoms with Gasteiger partial charge in [-0.2, -0.15) is 0 Å². The van der Waals surface area contributed by atoms with E-state index in [1.165, 1.54) is 4.88 Å². The van der Waals surface area contributed by atoms with Crippen LogP contribution in [0.4, 0.5) is 5.82 Å². The zero-order chi connectivity index (χ0) is 21.0. The van der Waals surface area contributed by atoms with Crippen molar-refractivity contribution in [3.05, 3.63) is 58.4 Å². The number of morpholine rings is 1. The predicted molar refractivity (Wildman–Crippen MR) is 127 cm³/mol. The number of benzene rings is 1. The van der Waals surface area contributed by atoms with Gasteiger partial charge in [0, 0.05) is 35.5 Å². The summed E-state index contributed by atoms with van der Waals surface area (Å²) in [6.45, 7) is 4.24. The van der Waals surface area contributed by atoms with Crippen LogP contribution < -0.4 is 10.1 Å². The Morgan fingerprint density at radius 3 is 2.71 bits per heavy atom. The maximum absolute atomic E-state index is 5.57. The monoisotopic (exact) mass is 452 g/mol. The Balaban J connectivity index is 1.44. The van der Waals surface area contributed by atoms with Crippen molar-refractivity contribution in [1.82, 2.24) is 14.9 Å². The molecular weight excluding hydrogens is 428 g/mol. The fraction of sp³-hybridized carbons (Fsp3) is 0.304. The first kappa shape index (κ1) is 20.4. The summed E-state index contributed by atoms with van der Waals surface area (Å²) in [6, 6.07) is 12.8. The molecule has 1 saturated heterocycles. The molecule has 0 spiro atoms. The fourth-order valence-corrected chi connectivity index (χ4v) is 5.74. The van der Waals surface area contributed by atoms with E-state index in [0.717, 1.165) is 65.8 Å². The molecule has 1 aliphatic rings. The molecule has 0 amide bonds. The lowest BCUT2D eigenvalue weighted by Gasteiger charge is -2.34. The van der Waals surface area contributed by atoms with Crippen molar-refractivity contribution in [2.24, 2.45) is 0 Å². The van der Waals surface area contributed by atoms with E-state index in [9.17, 15) is 0 Å². The Labute approximate surface area is 189 Å². The van der Waals surface area contributed by atoms with Crippen molar-refractivity contribution in [2.75, 3.05) is 45.3 Å². The molecule has 1 aromatic carbocycles. The van der Waals surface area contributed by atoms with Crippen LogP contribution in [0.2, 0.25) is 0 Å². The summed E-state index contributed by atoms with van der Waals surface area (Å²) in [6.07, 6.45) is 1.65. The first-order chi connectivity index (χ1) is 15.3. The van der Waals surface area contributed by atoms with Gasteiger partial charge in [-0.3, -0.25) is 4.90 Å². The Hall–Kier alpha value is -2.52. The number of methoxy groups -OCH3 is 1. The lowest BCUT2D eigenvalue weighted by Crippen LogP contribution is -2.41. The van der Waals surface area contributed by atoms with Crippen LogP contribution in [-0.2, 0) is 4.74 Å². The van der Waals surface area contributed by atoms with E-state index in [4.69, 9.17) is 9.47 Å². The average Bonchev–Trinajstić information content (AvgIpc) is 3.51. The van der Waals surface area contributed by atoms with Crippen LogP contribution in [0.25, 0.3) is 21.3 Å². The quantitative estimate of drug-likeness (QED) is 0.430. The van der Waals surface area contributed by atoms with Gasteiger partial charge in [0.25, 0.3) is 0 Å². The highest BCUT2D eigenvalue weighted by molar-refractivity contribution is 7.17. The molecule has 3 aromatic heterocycles. The fourth-order valence-electron chi connectivity index (χ4n) is 3.97. The molecule has 0 unspecified atom stereocenters. The number of hydrogen-bond acceptors (Lipinski definition) is 8. The summed E-state index contributed by atoms with van der Waals surface area (Å²) in [5.74, 6) is 1.73. The summed E-state index contributed by atoms with van der Waals surface area (Å²) in [5.41, 5.74) is 2.28. The summed E-state index contributed by atoms with van der Waals surface area (Å²) < 4.78 is 10.9. The Bertz CT molecular complexity index is 1120. The molecule has 0 saturated carbocycles. The van der Waals surface area contributed by atoms with Crippen LogP contribution in [0.3, 0.4) is 0 Å². The van der Waals surface area contributed by atoms with Crippen molar-refractivity contribution in [1.29, 1.82) is 0 Å². The van der Waals surface area contributed by atoms with Crippen molar-refractivity contribution >= 4 is 38.7 Å². The molecule has 5 rings (SSSR count). The van der Waals surface area contributed by atoms with Crippen LogP contribution in [-0.4, -0.2) is 54.8 Å². The molecule has 4 aromatic rings. The highest BCUT2D eigenvalue weighted by Crippen LogP contribution is 2.37. The van der Waals surface area contributed by atoms with Gasteiger partial charge in [0.05, 0.1) is 31.8 Å². The van der Waals surface area contributed by atoms with Gasteiger partial charge in [-0.1, -0.05) is 18.2 Å². The van der Waals surface area contributed by atoms with Crippen LogP contribution in [0.5, 0.6) is 5.75 Å². The van der Waals surface area contributed by atoms with Gasteiger partial charge >= 0.3 is 0 Å². The molecule has 160 valence electrons. The third kappa shape index (κ3) is 4.29. The minimum absolute atomic E-state index is 0.289. The van der Waals surface area contributed by atoms with E-state index in [1.807, 2.05) is 12.1 Å². The molecule has 1 N–H and O–H groups in total. The first-order valence-corrected chi connectivity index (χ1v) is 12.0. The SMILES string of the molecule is COc1ccc(-c2csc3ncnc(NC[C@H](c4cccs4)N4CCOCC4)c23)cc1. The molecule has 4 heterocycles. The van der Waals surface area contributed by atoms with E-state index in [1.54, 1.807) is 36.1 Å². The molecule has 0 bridgehead atoms. The van der Waals surface area contributed by atoms with E-state index in [2.05, 4.69) is 55.2 Å². The molecule has 1 atom stereocenters. The van der Waals surface area contributed by atoms with Gasteiger partial charge in [0.2, 0.25) is 0 Å². The second-order valence-corrected chi connectivity index (χ2v) is 9.18. The molecule has 6 nitrogen and oxygen atoms in total. The van der Waals surface area contributed by atoms with Crippen molar-refractivity contribution in [3.8, 4) is 16.9 Å². The lowest BCUT2D eigenvalue weighted by molar-refractivity contribution is 0.0194. The number of rotatable bonds is 7. The van der Waals surface area contributed by atoms with E-state index >= 15 is 0 Å². The minimum atomic E-state index is 0.289. The molecule has 31 heavy (non-hydrogen) atoms. The standard InChI is InChI=1S/C23H24N4O2S2/c1-28-17-6-4-16(5-7-17)18-14-31-23-21(18)22(25-15-26-23)24-13-19(20-3-2-12-30-20)27-8-10-29-11-9-27/h2-7,12,14-15,19H,8-11,13H2,1H3,(H,24,25,26)/t19-/m1/s1. The van der Waals surface area contributed by atoms with Crippen LogP contribution in [0, 0.1) is 0 Å². The normalized spacial score (nSPS) is 15.8. The molecule has 0 aliphatic carbocycles. The number of nitrogens with zero attached hydrogens (tertiary/aromatic N) is 3. The van der Waals surface area contributed by atoms with Crippen molar-refractivity contribution < 1.29 is 9.47 Å². The van der Waals surface area contributed by atoms with E-state index < -0.39 is 0 Å². The largest absolute Gasteiger partial charge is 0.497 e. The van der Waals surface area contributed by atoms with Crippen LogP contribution >= 0.6 is 22.7 Å². The van der Waals surface area contributed by atoms with Gasteiger partial charge in [0.15, 0.2) is 0 Å². The maximum Gasteiger partial charge on any atom is 0.138 e. The topological polar surface area (TPSA) is 59.5 Å². The molecule has 1 fully saturated rings. The summed E-state index contributed by atoms with van der Waals surface area (Å²) in [7, 11) is 1.68. The third-order valence-electron chi connectivity index (χ3n) is 5.59. The van der Waals surface area contributed by atoms with Gasteiger partial charge in [-0.15, -0.1) is 22.7 Å². The number of fused-ring (bicyclic) bond motifs is 1. The van der Waals surface area contributed by atoms with Gasteiger partial charge in [-0.05, 0) is 29.1 Å². The minimum Gasteiger partial charge on any atom is -0.497 e. The third-order valence-corrected chi connectivity index (χ3v) is 7.45. The zero-order valence-corrected chi connectivity index (χ0v) is 18.9. The number of ether oxygens (including phenoxy) is 2. The number of anilines is 1. The molecule has 1 aliphatic heterocycles. The van der Waals surface area contributed by atoms with E-state index in [0.29, 0.717) is 0 Å². The highest BCUT2D eigenvalue weighted by atomic mass is 32.1. The Kier molecular flexibility index (Phi) is 6.13. The first-order valence-electron chi connectivity index (χ1n) is 10.3. The molecular formula is C23H24N4O2S2. The van der Waals surface area contributed by atoms with E-state index in [-0.39, 0.29) is 6.04 Å². The number of thiophene rings is 2. The zero-order valence-electron chi connectivity index (χ0n) is 17.3. The van der Waals surface area contributed by atoms with Gasteiger partial charge < -0.3 is 14.8 Å². The Morgan fingerprint density at radius 1 is 1.13 bits per heavy atom. The maximum atomic E-state index is 5.57. The molecule has 0 radical (unpaired) electrons. The Morgan fingerprint density at radius 2 is 1.97 bits per heavy atom. The van der Waals surface area contributed by atoms with Gasteiger partial charge in [0.1, 0.15) is 22.7 Å². The van der Waals surface area contributed by atoms with Gasteiger partial charge in [-0.25, -0.2) is 9.97 Å². The summed E-state index contributed by atoms with van der Waals surface area (Å²) in [5, 5.41) is 9.02. The average molecular weight is 453 g/mol. The van der Waals surface area contributed by atoms with Crippen LogP contribution in [0.1, 0.15) is 10.9 Å². The number of hydrogen-bond donors (Lipinski definition) is 1.